The van der Waals surface area contributed by atoms with Crippen molar-refractivity contribution in [3.05, 3.63) is 30.7 Å². The minimum absolute atomic E-state index is 0.504. The Labute approximate surface area is 107 Å². The first-order chi connectivity index (χ1) is 8.83. The molecule has 3 aliphatic rings. The molecular weight excluding hydrogens is 224 g/mol. The second kappa shape index (κ2) is 3.74. The van der Waals surface area contributed by atoms with Gasteiger partial charge in [0.15, 0.2) is 0 Å². The van der Waals surface area contributed by atoms with Crippen LogP contribution in [0.25, 0.3) is 5.65 Å². The number of aromatic nitrogens is 2. The Morgan fingerprint density at radius 3 is 3.17 bits per heavy atom. The average molecular weight is 242 g/mol. The highest BCUT2D eigenvalue weighted by Crippen LogP contribution is 2.55. The first-order valence-corrected chi connectivity index (χ1v) is 6.89. The highest BCUT2D eigenvalue weighted by Gasteiger charge is 2.47. The van der Waals surface area contributed by atoms with Gasteiger partial charge in [-0.1, -0.05) is 12.8 Å². The lowest BCUT2D eigenvalue weighted by Crippen LogP contribution is -2.45. The van der Waals surface area contributed by atoms with E-state index in [1.54, 1.807) is 0 Å². The van der Waals surface area contributed by atoms with E-state index in [0.29, 0.717) is 5.41 Å². The van der Waals surface area contributed by atoms with Crippen LogP contribution in [-0.4, -0.2) is 16.0 Å². The van der Waals surface area contributed by atoms with Crippen LogP contribution in [-0.2, 0) is 0 Å². The van der Waals surface area contributed by atoms with Gasteiger partial charge in [0.1, 0.15) is 11.4 Å². The number of pyridine rings is 1. The zero-order valence-corrected chi connectivity index (χ0v) is 10.5. The summed E-state index contributed by atoms with van der Waals surface area (Å²) in [5, 5.41) is 0. The molecule has 3 heteroatoms. The van der Waals surface area contributed by atoms with E-state index in [2.05, 4.69) is 4.98 Å². The highest BCUT2D eigenvalue weighted by molar-refractivity contribution is 5.44. The van der Waals surface area contributed by atoms with Crippen molar-refractivity contribution in [2.45, 2.75) is 32.1 Å². The molecule has 0 aromatic carbocycles. The van der Waals surface area contributed by atoms with Crippen LogP contribution >= 0.6 is 0 Å². The van der Waals surface area contributed by atoms with Crippen LogP contribution in [0.3, 0.4) is 0 Å². The molecule has 2 aromatic rings. The first kappa shape index (κ1) is 10.4. The summed E-state index contributed by atoms with van der Waals surface area (Å²) in [6.45, 7) is 0.889. The lowest BCUT2D eigenvalue weighted by atomic mass is 9.54. The molecule has 3 fully saturated rings. The van der Waals surface area contributed by atoms with E-state index in [1.165, 1.54) is 32.1 Å². The lowest BCUT2D eigenvalue weighted by molar-refractivity contribution is -0.0411. The summed E-state index contributed by atoms with van der Waals surface area (Å²) in [5.41, 5.74) is 1.46. The standard InChI is InChI=1S/C15H18N2O/c1-2-12-9-15(4-1,10-12)11-18-13-3-6-17-7-5-16-14(17)8-13/h3,5-8,12H,1-2,4,9-11H2. The van der Waals surface area contributed by atoms with E-state index in [-0.39, 0.29) is 0 Å². The van der Waals surface area contributed by atoms with Gasteiger partial charge in [-0.3, -0.25) is 0 Å². The van der Waals surface area contributed by atoms with Crippen molar-refractivity contribution in [3.63, 3.8) is 0 Å². The van der Waals surface area contributed by atoms with Crippen molar-refractivity contribution in [2.75, 3.05) is 6.61 Å². The third-order valence-corrected chi connectivity index (χ3v) is 4.68. The molecule has 0 unspecified atom stereocenters. The number of ether oxygens (including phenoxy) is 1. The summed E-state index contributed by atoms with van der Waals surface area (Å²) in [6.07, 6.45) is 12.8. The molecule has 0 saturated heterocycles. The molecule has 3 aliphatic carbocycles. The van der Waals surface area contributed by atoms with Crippen molar-refractivity contribution >= 4 is 5.65 Å². The molecule has 0 radical (unpaired) electrons. The minimum atomic E-state index is 0.504. The molecule has 3 saturated carbocycles. The van der Waals surface area contributed by atoms with Crippen LogP contribution < -0.4 is 4.74 Å². The third-order valence-electron chi connectivity index (χ3n) is 4.68. The van der Waals surface area contributed by atoms with Crippen LogP contribution in [0.5, 0.6) is 5.75 Å². The molecule has 2 heterocycles. The minimum Gasteiger partial charge on any atom is -0.493 e. The van der Waals surface area contributed by atoms with Gasteiger partial charge in [-0.15, -0.1) is 0 Å². The Morgan fingerprint density at radius 1 is 1.39 bits per heavy atom. The van der Waals surface area contributed by atoms with Gasteiger partial charge in [0, 0.05) is 30.1 Å². The predicted octanol–water partition coefficient (Wildman–Crippen LogP) is 3.29. The first-order valence-electron chi connectivity index (χ1n) is 6.89. The molecule has 0 aliphatic heterocycles. The van der Waals surface area contributed by atoms with E-state index in [9.17, 15) is 0 Å². The maximum Gasteiger partial charge on any atom is 0.140 e. The molecule has 3 nitrogen and oxygen atoms in total. The SMILES string of the molecule is c1cn2ccc(OCC34CCCC(C3)C4)cc2n1. The van der Waals surface area contributed by atoms with E-state index in [1.807, 2.05) is 35.1 Å². The van der Waals surface area contributed by atoms with Crippen molar-refractivity contribution in [2.24, 2.45) is 11.3 Å². The van der Waals surface area contributed by atoms with Gasteiger partial charge in [0.2, 0.25) is 0 Å². The fraction of sp³-hybridized carbons (Fsp3) is 0.533. The van der Waals surface area contributed by atoms with Crippen molar-refractivity contribution < 1.29 is 4.74 Å². The quantitative estimate of drug-likeness (QED) is 0.825. The van der Waals surface area contributed by atoms with Gasteiger partial charge in [-0.05, 0) is 31.2 Å². The molecule has 0 spiro atoms. The van der Waals surface area contributed by atoms with Crippen molar-refractivity contribution in [3.8, 4) is 5.75 Å². The zero-order chi connectivity index (χ0) is 12.0. The van der Waals surface area contributed by atoms with Gasteiger partial charge >= 0.3 is 0 Å². The molecule has 2 aromatic heterocycles. The third kappa shape index (κ3) is 1.61. The largest absolute Gasteiger partial charge is 0.493 e. The summed E-state index contributed by atoms with van der Waals surface area (Å²) in [5.74, 6) is 1.95. The fourth-order valence-electron chi connectivity index (χ4n) is 3.75. The molecule has 0 amide bonds. The van der Waals surface area contributed by atoms with Gasteiger partial charge in [0.25, 0.3) is 0 Å². The van der Waals surface area contributed by atoms with Crippen LogP contribution in [0.15, 0.2) is 30.7 Å². The summed E-state index contributed by atoms with van der Waals surface area (Å²) >= 11 is 0. The Kier molecular flexibility index (Phi) is 2.16. The predicted molar refractivity (Wildman–Crippen MR) is 69.7 cm³/mol. The number of fused-ring (bicyclic) bond motifs is 3. The summed E-state index contributed by atoms with van der Waals surface area (Å²) < 4.78 is 8.02. The topological polar surface area (TPSA) is 26.5 Å². The summed E-state index contributed by atoms with van der Waals surface area (Å²) in [7, 11) is 0. The highest BCUT2D eigenvalue weighted by atomic mass is 16.5. The number of hydrogen-bond donors (Lipinski definition) is 0. The Bertz CT molecular complexity index is 563. The second-order valence-corrected chi connectivity index (χ2v) is 6.01. The van der Waals surface area contributed by atoms with Gasteiger partial charge in [-0.25, -0.2) is 4.98 Å². The molecule has 2 bridgehead atoms. The molecule has 0 atom stereocenters. The fourth-order valence-corrected chi connectivity index (χ4v) is 3.75. The van der Waals surface area contributed by atoms with Gasteiger partial charge in [-0.2, -0.15) is 0 Å². The Hall–Kier alpha value is -1.51. The normalized spacial score (nSPS) is 30.1. The van der Waals surface area contributed by atoms with E-state index < -0.39 is 0 Å². The zero-order valence-electron chi connectivity index (χ0n) is 10.5. The maximum atomic E-state index is 6.01. The number of imidazole rings is 1. The summed E-state index contributed by atoms with van der Waals surface area (Å²) in [6, 6.07) is 4.06. The van der Waals surface area contributed by atoms with Crippen molar-refractivity contribution in [1.82, 2.24) is 9.38 Å². The van der Waals surface area contributed by atoms with Crippen LogP contribution in [0.1, 0.15) is 32.1 Å². The lowest BCUT2D eigenvalue weighted by Gasteiger charge is -2.52. The van der Waals surface area contributed by atoms with Crippen LogP contribution in [0.4, 0.5) is 0 Å². The molecule has 18 heavy (non-hydrogen) atoms. The molecule has 94 valence electrons. The smallest absolute Gasteiger partial charge is 0.140 e. The van der Waals surface area contributed by atoms with E-state index in [0.717, 1.165) is 23.9 Å². The maximum absolute atomic E-state index is 6.01. The second-order valence-electron chi connectivity index (χ2n) is 6.01. The van der Waals surface area contributed by atoms with Gasteiger partial charge in [0.05, 0.1) is 6.61 Å². The van der Waals surface area contributed by atoms with Gasteiger partial charge < -0.3 is 9.14 Å². The Balaban J connectivity index is 1.48. The molecular formula is C15H18N2O. The average Bonchev–Trinajstić information content (AvgIpc) is 2.83. The van der Waals surface area contributed by atoms with Crippen LogP contribution in [0, 0.1) is 11.3 Å². The molecule has 0 N–H and O–H groups in total. The number of nitrogens with zero attached hydrogens (tertiary/aromatic N) is 2. The number of hydrogen-bond acceptors (Lipinski definition) is 2. The van der Waals surface area contributed by atoms with E-state index >= 15 is 0 Å². The molecule has 5 rings (SSSR count). The Morgan fingerprint density at radius 2 is 2.33 bits per heavy atom. The monoisotopic (exact) mass is 242 g/mol. The van der Waals surface area contributed by atoms with Crippen LogP contribution in [0.2, 0.25) is 0 Å². The number of rotatable bonds is 3. The van der Waals surface area contributed by atoms with E-state index in [4.69, 9.17) is 4.74 Å². The summed E-state index contributed by atoms with van der Waals surface area (Å²) in [4.78, 5) is 4.28. The van der Waals surface area contributed by atoms with Crippen molar-refractivity contribution in [1.29, 1.82) is 0 Å².